The molecular formula is C13H27NOSi. The molecule has 1 N–H and O–H groups in total. The fourth-order valence-corrected chi connectivity index (χ4v) is 2.65. The molecule has 0 unspecified atom stereocenters. The van der Waals surface area contributed by atoms with E-state index in [2.05, 4.69) is 52.2 Å². The summed E-state index contributed by atoms with van der Waals surface area (Å²) >= 11 is 0. The van der Waals surface area contributed by atoms with Gasteiger partial charge in [-0.05, 0) is 31.5 Å². The van der Waals surface area contributed by atoms with Crippen LogP contribution >= 0.6 is 0 Å². The molecule has 0 saturated carbocycles. The SMILES string of the molecule is CC=C1CN[C@H](CO[Si](C)(C)C(C)(C)C)C1. The molecule has 0 aliphatic carbocycles. The summed E-state index contributed by atoms with van der Waals surface area (Å²) in [6.07, 6.45) is 3.38. The third-order valence-corrected chi connectivity index (χ3v) is 8.49. The second kappa shape index (κ2) is 5.03. The van der Waals surface area contributed by atoms with Crippen LogP contribution in [0.2, 0.25) is 18.1 Å². The number of nitrogens with one attached hydrogen (secondary N) is 1. The van der Waals surface area contributed by atoms with Crippen LogP contribution in [0.15, 0.2) is 11.6 Å². The summed E-state index contributed by atoms with van der Waals surface area (Å²) in [5, 5.41) is 3.83. The van der Waals surface area contributed by atoms with E-state index in [1.54, 1.807) is 0 Å². The predicted octanol–water partition coefficient (Wildman–Crippen LogP) is 3.32. The second-order valence-corrected chi connectivity index (χ2v) is 11.1. The monoisotopic (exact) mass is 241 g/mol. The van der Waals surface area contributed by atoms with Gasteiger partial charge in [-0.25, -0.2) is 0 Å². The molecule has 0 amide bonds. The Morgan fingerprint density at radius 1 is 1.44 bits per heavy atom. The van der Waals surface area contributed by atoms with Crippen molar-refractivity contribution in [3.63, 3.8) is 0 Å². The Kier molecular flexibility index (Phi) is 4.38. The van der Waals surface area contributed by atoms with Crippen molar-refractivity contribution in [1.29, 1.82) is 0 Å². The lowest BCUT2D eigenvalue weighted by molar-refractivity contribution is 0.254. The highest BCUT2D eigenvalue weighted by molar-refractivity contribution is 6.74. The van der Waals surface area contributed by atoms with Gasteiger partial charge in [0, 0.05) is 19.2 Å². The average molecular weight is 241 g/mol. The van der Waals surface area contributed by atoms with Gasteiger partial charge in [-0.3, -0.25) is 0 Å². The third-order valence-electron chi connectivity index (χ3n) is 3.99. The van der Waals surface area contributed by atoms with E-state index in [0.717, 1.165) is 19.6 Å². The van der Waals surface area contributed by atoms with Gasteiger partial charge in [0.2, 0.25) is 0 Å². The minimum atomic E-state index is -1.56. The van der Waals surface area contributed by atoms with Crippen molar-refractivity contribution >= 4 is 8.32 Å². The lowest BCUT2D eigenvalue weighted by Gasteiger charge is -2.36. The van der Waals surface area contributed by atoms with E-state index in [0.29, 0.717) is 11.1 Å². The molecule has 0 aromatic carbocycles. The maximum atomic E-state index is 6.22. The van der Waals surface area contributed by atoms with Gasteiger partial charge in [0.25, 0.3) is 0 Å². The standard InChI is InChI=1S/C13H27NOSi/c1-7-11-8-12(14-9-11)10-15-16(5,6)13(2,3)4/h7,12,14H,8-10H2,1-6H3/t12-/m0/s1. The Hall–Kier alpha value is -0.123. The van der Waals surface area contributed by atoms with E-state index in [-0.39, 0.29) is 0 Å². The maximum absolute atomic E-state index is 6.22. The molecule has 1 fully saturated rings. The quantitative estimate of drug-likeness (QED) is 0.604. The Balaban J connectivity index is 2.41. The Morgan fingerprint density at radius 2 is 2.06 bits per heavy atom. The average Bonchev–Trinajstić information content (AvgIpc) is 2.60. The van der Waals surface area contributed by atoms with Crippen molar-refractivity contribution in [2.24, 2.45) is 0 Å². The first kappa shape index (κ1) is 13.9. The highest BCUT2D eigenvalue weighted by Gasteiger charge is 2.37. The summed E-state index contributed by atoms with van der Waals surface area (Å²) in [7, 11) is -1.56. The number of hydrogen-bond acceptors (Lipinski definition) is 2. The van der Waals surface area contributed by atoms with Crippen LogP contribution in [0.4, 0.5) is 0 Å². The Bertz CT molecular complexity index is 266. The molecule has 94 valence electrons. The van der Waals surface area contributed by atoms with Gasteiger partial charge in [0.05, 0.1) is 0 Å². The van der Waals surface area contributed by atoms with Crippen LogP contribution < -0.4 is 5.32 Å². The van der Waals surface area contributed by atoms with Crippen LogP contribution in [0.3, 0.4) is 0 Å². The molecule has 0 spiro atoms. The maximum Gasteiger partial charge on any atom is 0.192 e. The third kappa shape index (κ3) is 3.44. The zero-order chi connectivity index (χ0) is 12.4. The molecule has 1 rings (SSSR count). The zero-order valence-corrected chi connectivity index (χ0v) is 12.7. The fraction of sp³-hybridized carbons (Fsp3) is 0.846. The minimum Gasteiger partial charge on any atom is -0.415 e. The van der Waals surface area contributed by atoms with Crippen LogP contribution in [0, 0.1) is 0 Å². The van der Waals surface area contributed by atoms with Crippen molar-refractivity contribution in [3.05, 3.63) is 11.6 Å². The minimum absolute atomic E-state index is 0.315. The molecule has 0 aromatic rings. The molecule has 3 heteroatoms. The topological polar surface area (TPSA) is 21.3 Å². The first-order valence-electron chi connectivity index (χ1n) is 6.27. The van der Waals surface area contributed by atoms with Gasteiger partial charge in [-0.15, -0.1) is 0 Å². The summed E-state index contributed by atoms with van der Waals surface area (Å²) < 4.78 is 6.22. The summed E-state index contributed by atoms with van der Waals surface area (Å²) in [6.45, 7) is 15.5. The van der Waals surface area contributed by atoms with Crippen LogP contribution in [0.25, 0.3) is 0 Å². The van der Waals surface area contributed by atoms with E-state index in [9.17, 15) is 0 Å². The molecule has 2 nitrogen and oxygen atoms in total. The Labute approximate surface area is 102 Å². The van der Waals surface area contributed by atoms with Crippen molar-refractivity contribution < 1.29 is 4.43 Å². The van der Waals surface area contributed by atoms with Crippen molar-refractivity contribution in [1.82, 2.24) is 5.32 Å². The number of hydrogen-bond donors (Lipinski definition) is 1. The second-order valence-electron chi connectivity index (χ2n) is 6.30. The Morgan fingerprint density at radius 3 is 2.50 bits per heavy atom. The van der Waals surface area contributed by atoms with Crippen molar-refractivity contribution in [2.45, 2.75) is 58.3 Å². The van der Waals surface area contributed by atoms with Crippen molar-refractivity contribution in [2.75, 3.05) is 13.2 Å². The summed E-state index contributed by atoms with van der Waals surface area (Å²) in [6, 6.07) is 0.528. The number of rotatable bonds is 3. The van der Waals surface area contributed by atoms with E-state index >= 15 is 0 Å². The molecule has 1 aliphatic rings. The van der Waals surface area contributed by atoms with E-state index in [1.165, 1.54) is 5.57 Å². The van der Waals surface area contributed by atoms with Crippen LogP contribution in [0.5, 0.6) is 0 Å². The van der Waals surface area contributed by atoms with Crippen molar-refractivity contribution in [3.8, 4) is 0 Å². The molecule has 1 heterocycles. The van der Waals surface area contributed by atoms with Crippen LogP contribution in [0.1, 0.15) is 34.1 Å². The molecule has 0 aromatic heterocycles. The molecule has 1 saturated heterocycles. The van der Waals surface area contributed by atoms with E-state index < -0.39 is 8.32 Å². The van der Waals surface area contributed by atoms with Gasteiger partial charge in [-0.1, -0.05) is 32.4 Å². The highest BCUT2D eigenvalue weighted by atomic mass is 28.4. The zero-order valence-electron chi connectivity index (χ0n) is 11.7. The van der Waals surface area contributed by atoms with E-state index in [1.807, 2.05) is 0 Å². The predicted molar refractivity (Wildman–Crippen MR) is 73.3 cm³/mol. The largest absolute Gasteiger partial charge is 0.415 e. The van der Waals surface area contributed by atoms with Gasteiger partial charge in [0.1, 0.15) is 0 Å². The first-order chi connectivity index (χ1) is 7.26. The highest BCUT2D eigenvalue weighted by Crippen LogP contribution is 2.36. The number of allylic oxidation sites excluding steroid dienone is 1. The summed E-state index contributed by atoms with van der Waals surface area (Å²) in [4.78, 5) is 0. The van der Waals surface area contributed by atoms with Gasteiger partial charge < -0.3 is 9.74 Å². The van der Waals surface area contributed by atoms with Gasteiger partial charge >= 0.3 is 0 Å². The molecule has 0 radical (unpaired) electrons. The normalized spacial score (nSPS) is 25.4. The molecular weight excluding hydrogens is 214 g/mol. The summed E-state index contributed by atoms with van der Waals surface area (Å²) in [5.74, 6) is 0. The molecule has 16 heavy (non-hydrogen) atoms. The molecule has 1 aliphatic heterocycles. The van der Waals surface area contributed by atoms with Gasteiger partial charge in [-0.2, -0.15) is 0 Å². The van der Waals surface area contributed by atoms with E-state index in [4.69, 9.17) is 4.43 Å². The molecule has 0 bridgehead atoms. The smallest absolute Gasteiger partial charge is 0.192 e. The van der Waals surface area contributed by atoms with Crippen LogP contribution in [-0.2, 0) is 4.43 Å². The summed E-state index contributed by atoms with van der Waals surface area (Å²) in [5.41, 5.74) is 1.52. The lowest BCUT2D eigenvalue weighted by Crippen LogP contribution is -2.43. The first-order valence-corrected chi connectivity index (χ1v) is 9.18. The van der Waals surface area contributed by atoms with Crippen LogP contribution in [-0.4, -0.2) is 27.5 Å². The van der Waals surface area contributed by atoms with Gasteiger partial charge in [0.15, 0.2) is 8.32 Å². The fourth-order valence-electron chi connectivity index (χ4n) is 1.60. The lowest BCUT2D eigenvalue weighted by atomic mass is 10.1. The molecule has 1 atom stereocenters.